The number of hydrogen-bond donors (Lipinski definition) is 1. The number of phenolic OH excluding ortho intramolecular Hbond substituents is 1. The molecule has 0 aliphatic carbocycles. The molecule has 1 rings (SSSR count). The molecule has 1 nitrogen and oxygen atoms in total. The van der Waals surface area contributed by atoms with E-state index in [2.05, 4.69) is 0 Å². The first-order valence-electron chi connectivity index (χ1n) is 3.83. The average Bonchev–Trinajstić information content (AvgIpc) is 2.02. The van der Waals surface area contributed by atoms with Crippen molar-refractivity contribution in [2.24, 2.45) is 0 Å². The van der Waals surface area contributed by atoms with E-state index in [-0.39, 0.29) is 0 Å². The van der Waals surface area contributed by atoms with Gasteiger partial charge in [-0.25, -0.2) is 0 Å². The van der Waals surface area contributed by atoms with Crippen LogP contribution in [0.4, 0.5) is 13.2 Å². The van der Waals surface area contributed by atoms with Crippen LogP contribution in [0.5, 0.6) is 5.75 Å². The first-order valence-corrected chi connectivity index (χ1v) is 5.22. The topological polar surface area (TPSA) is 20.2 Å². The number of halogens is 3. The maximum absolute atomic E-state index is 12.2. The standard InChI is InChI=1S/C9H9F3OS/c1-14-5-6-2-3-7(8(13)4-6)9(10,11)12/h2-4,13H,5H2,1H3. The number of alkyl halides is 3. The van der Waals surface area contributed by atoms with E-state index < -0.39 is 17.5 Å². The SMILES string of the molecule is CSCc1ccc(C(F)(F)F)c(O)c1. The zero-order valence-electron chi connectivity index (χ0n) is 7.43. The highest BCUT2D eigenvalue weighted by atomic mass is 32.2. The summed E-state index contributed by atoms with van der Waals surface area (Å²) in [5.41, 5.74) is -0.301. The van der Waals surface area contributed by atoms with Gasteiger partial charge < -0.3 is 5.11 Å². The molecule has 0 fully saturated rings. The van der Waals surface area contributed by atoms with Crippen LogP contribution in [0.15, 0.2) is 18.2 Å². The molecule has 0 aliphatic rings. The molecule has 0 aliphatic heterocycles. The van der Waals surface area contributed by atoms with Gasteiger partial charge >= 0.3 is 6.18 Å². The molecule has 0 saturated heterocycles. The van der Waals surface area contributed by atoms with E-state index >= 15 is 0 Å². The van der Waals surface area contributed by atoms with E-state index in [9.17, 15) is 13.2 Å². The molecule has 0 aromatic heterocycles. The lowest BCUT2D eigenvalue weighted by molar-refractivity contribution is -0.138. The molecule has 0 radical (unpaired) electrons. The van der Waals surface area contributed by atoms with E-state index in [1.54, 1.807) is 0 Å². The van der Waals surface area contributed by atoms with Crippen molar-refractivity contribution in [3.63, 3.8) is 0 Å². The Kier molecular flexibility index (Phi) is 3.31. The average molecular weight is 222 g/mol. The fourth-order valence-electron chi connectivity index (χ4n) is 1.07. The monoisotopic (exact) mass is 222 g/mol. The van der Waals surface area contributed by atoms with E-state index in [1.807, 2.05) is 6.26 Å². The number of hydrogen-bond acceptors (Lipinski definition) is 2. The number of phenols is 1. The second-order valence-corrected chi connectivity index (χ2v) is 3.65. The molecule has 1 aromatic carbocycles. The molecule has 78 valence electrons. The number of thioether (sulfide) groups is 1. The Labute approximate surface area is 83.9 Å². The quantitative estimate of drug-likeness (QED) is 0.828. The highest BCUT2D eigenvalue weighted by Gasteiger charge is 2.33. The maximum Gasteiger partial charge on any atom is 0.419 e. The third kappa shape index (κ3) is 2.57. The van der Waals surface area contributed by atoms with E-state index in [1.165, 1.54) is 17.8 Å². The Bertz CT molecular complexity index is 322. The van der Waals surface area contributed by atoms with Gasteiger partial charge in [0.15, 0.2) is 0 Å². The fraction of sp³-hybridized carbons (Fsp3) is 0.333. The Morgan fingerprint density at radius 2 is 2.00 bits per heavy atom. The Balaban J connectivity index is 3.02. The van der Waals surface area contributed by atoms with Gasteiger partial charge in [0, 0.05) is 5.75 Å². The number of benzene rings is 1. The van der Waals surface area contributed by atoms with Crippen molar-refractivity contribution in [3.8, 4) is 5.75 Å². The molecule has 1 N–H and O–H groups in total. The van der Waals surface area contributed by atoms with Crippen LogP contribution in [0.1, 0.15) is 11.1 Å². The summed E-state index contributed by atoms with van der Waals surface area (Å²) >= 11 is 1.48. The van der Waals surface area contributed by atoms with E-state index in [0.717, 1.165) is 12.1 Å². The van der Waals surface area contributed by atoms with Gasteiger partial charge in [-0.05, 0) is 24.0 Å². The summed E-state index contributed by atoms with van der Waals surface area (Å²) in [7, 11) is 0. The molecule has 0 atom stereocenters. The number of aromatic hydroxyl groups is 1. The second-order valence-electron chi connectivity index (χ2n) is 2.78. The lowest BCUT2D eigenvalue weighted by Crippen LogP contribution is -2.05. The van der Waals surface area contributed by atoms with Gasteiger partial charge in [0.2, 0.25) is 0 Å². The van der Waals surface area contributed by atoms with Crippen molar-refractivity contribution >= 4 is 11.8 Å². The van der Waals surface area contributed by atoms with E-state index in [0.29, 0.717) is 11.3 Å². The van der Waals surface area contributed by atoms with Gasteiger partial charge in [-0.15, -0.1) is 0 Å². The van der Waals surface area contributed by atoms with Crippen LogP contribution in [0.2, 0.25) is 0 Å². The van der Waals surface area contributed by atoms with Gasteiger partial charge in [-0.3, -0.25) is 0 Å². The fourth-order valence-corrected chi connectivity index (χ4v) is 1.59. The van der Waals surface area contributed by atoms with Gasteiger partial charge in [-0.1, -0.05) is 6.07 Å². The third-order valence-electron chi connectivity index (χ3n) is 1.68. The van der Waals surface area contributed by atoms with Crippen molar-refractivity contribution in [2.45, 2.75) is 11.9 Å². The largest absolute Gasteiger partial charge is 0.507 e. The summed E-state index contributed by atoms with van der Waals surface area (Å²) in [6, 6.07) is 3.43. The first kappa shape index (κ1) is 11.2. The van der Waals surface area contributed by atoms with Crippen molar-refractivity contribution in [1.29, 1.82) is 0 Å². The summed E-state index contributed by atoms with van der Waals surface area (Å²) in [5.74, 6) is -0.116. The zero-order chi connectivity index (χ0) is 10.8. The Hall–Kier alpha value is -0.840. The molecule has 5 heteroatoms. The summed E-state index contributed by atoms with van der Waals surface area (Å²) in [4.78, 5) is 0. The minimum absolute atomic E-state index is 0.589. The number of rotatable bonds is 2. The lowest BCUT2D eigenvalue weighted by atomic mass is 10.1. The smallest absolute Gasteiger partial charge is 0.419 e. The van der Waals surface area contributed by atoms with Gasteiger partial charge in [0.05, 0.1) is 5.56 Å². The van der Waals surface area contributed by atoms with Crippen molar-refractivity contribution < 1.29 is 18.3 Å². The first-order chi connectivity index (χ1) is 6.45. The molecule has 1 aromatic rings. The van der Waals surface area contributed by atoms with Crippen molar-refractivity contribution in [3.05, 3.63) is 29.3 Å². The molecule has 0 unspecified atom stereocenters. The van der Waals surface area contributed by atoms with Crippen LogP contribution in [-0.4, -0.2) is 11.4 Å². The highest BCUT2D eigenvalue weighted by Crippen LogP contribution is 2.36. The predicted octanol–water partition coefficient (Wildman–Crippen LogP) is 3.27. The Morgan fingerprint density at radius 1 is 1.36 bits per heavy atom. The second kappa shape index (κ2) is 4.13. The normalized spacial score (nSPS) is 11.7. The molecular formula is C9H9F3OS. The predicted molar refractivity (Wildman–Crippen MR) is 50.3 cm³/mol. The van der Waals surface area contributed by atoms with Gasteiger partial charge in [0.25, 0.3) is 0 Å². The maximum atomic E-state index is 12.2. The van der Waals surface area contributed by atoms with Crippen LogP contribution in [0.3, 0.4) is 0 Å². The molecule has 0 saturated carbocycles. The van der Waals surface area contributed by atoms with Crippen LogP contribution >= 0.6 is 11.8 Å². The van der Waals surface area contributed by atoms with Crippen LogP contribution in [0.25, 0.3) is 0 Å². The molecular weight excluding hydrogens is 213 g/mol. The molecule has 0 heterocycles. The van der Waals surface area contributed by atoms with Crippen LogP contribution < -0.4 is 0 Å². The molecule has 0 bridgehead atoms. The zero-order valence-corrected chi connectivity index (χ0v) is 8.25. The summed E-state index contributed by atoms with van der Waals surface area (Å²) in [6.07, 6.45) is -2.64. The molecule has 0 amide bonds. The van der Waals surface area contributed by atoms with Crippen LogP contribution in [-0.2, 0) is 11.9 Å². The Morgan fingerprint density at radius 3 is 2.43 bits per heavy atom. The highest BCUT2D eigenvalue weighted by molar-refractivity contribution is 7.97. The molecule has 0 spiro atoms. The summed E-state index contributed by atoms with van der Waals surface area (Å²) < 4.78 is 36.6. The molecule has 14 heavy (non-hydrogen) atoms. The minimum atomic E-state index is -4.48. The van der Waals surface area contributed by atoms with Gasteiger partial charge in [-0.2, -0.15) is 24.9 Å². The summed E-state index contributed by atoms with van der Waals surface area (Å²) in [6.45, 7) is 0. The van der Waals surface area contributed by atoms with Crippen molar-refractivity contribution in [1.82, 2.24) is 0 Å². The minimum Gasteiger partial charge on any atom is -0.507 e. The lowest BCUT2D eigenvalue weighted by Gasteiger charge is -2.09. The van der Waals surface area contributed by atoms with Crippen molar-refractivity contribution in [2.75, 3.05) is 6.26 Å². The van der Waals surface area contributed by atoms with Gasteiger partial charge in [0.1, 0.15) is 5.75 Å². The van der Waals surface area contributed by atoms with Crippen LogP contribution in [0, 0.1) is 0 Å². The van der Waals surface area contributed by atoms with E-state index in [4.69, 9.17) is 5.11 Å². The summed E-state index contributed by atoms with van der Waals surface area (Å²) in [5, 5.41) is 9.12. The third-order valence-corrected chi connectivity index (χ3v) is 2.30.